The van der Waals surface area contributed by atoms with Gasteiger partial charge in [-0.25, -0.2) is 4.98 Å². The fraction of sp³-hybridized carbons (Fsp3) is 0.333. The number of fused-ring (bicyclic) bond motifs is 1. The summed E-state index contributed by atoms with van der Waals surface area (Å²) in [7, 11) is 0. The minimum atomic E-state index is -0.911. The van der Waals surface area contributed by atoms with E-state index in [1.807, 2.05) is 36.6 Å². The van der Waals surface area contributed by atoms with Gasteiger partial charge >= 0.3 is 0 Å². The summed E-state index contributed by atoms with van der Waals surface area (Å²) in [5.41, 5.74) is 0.242. The Morgan fingerprint density at radius 2 is 2.10 bits per heavy atom. The summed E-state index contributed by atoms with van der Waals surface area (Å²) in [5.74, 6) is 0.301. The number of benzene rings is 1. The largest absolute Gasteiger partial charge is 0.387 e. The van der Waals surface area contributed by atoms with E-state index < -0.39 is 5.60 Å². The standard InChI is InChI=1S/C15H18N2O2S/c1-15(19,10-20-2)9-16-14(18)13-8-7-11-5-3-4-6-12(11)17-13/h3-8,19H,9-10H2,1-2H3,(H,16,18). The molecule has 0 bridgehead atoms. The summed E-state index contributed by atoms with van der Waals surface area (Å²) in [6, 6.07) is 11.2. The third-order valence-corrected chi connectivity index (χ3v) is 3.83. The summed E-state index contributed by atoms with van der Waals surface area (Å²) in [5, 5.41) is 13.7. The normalized spacial score (nSPS) is 13.9. The molecule has 106 valence electrons. The van der Waals surface area contributed by atoms with Crippen LogP contribution in [0.25, 0.3) is 10.9 Å². The van der Waals surface area contributed by atoms with Gasteiger partial charge in [-0.05, 0) is 25.3 Å². The smallest absolute Gasteiger partial charge is 0.270 e. The first-order valence-electron chi connectivity index (χ1n) is 6.37. The predicted octanol–water partition coefficient (Wildman–Crippen LogP) is 2.08. The number of aliphatic hydroxyl groups is 1. The van der Waals surface area contributed by atoms with Crippen molar-refractivity contribution in [2.75, 3.05) is 18.6 Å². The Kier molecular flexibility index (Phi) is 4.62. The Balaban J connectivity index is 2.08. The van der Waals surface area contributed by atoms with Crippen LogP contribution < -0.4 is 5.32 Å². The molecule has 2 N–H and O–H groups in total. The fourth-order valence-electron chi connectivity index (χ4n) is 1.92. The summed E-state index contributed by atoms with van der Waals surface area (Å²) in [6.07, 6.45) is 1.92. The van der Waals surface area contributed by atoms with E-state index in [0.717, 1.165) is 10.9 Å². The van der Waals surface area contributed by atoms with E-state index in [0.29, 0.717) is 11.4 Å². The number of aromatic nitrogens is 1. The van der Waals surface area contributed by atoms with Gasteiger partial charge in [0.15, 0.2) is 0 Å². The molecular weight excluding hydrogens is 272 g/mol. The lowest BCUT2D eigenvalue weighted by atomic mass is 10.1. The molecule has 1 aromatic carbocycles. The van der Waals surface area contributed by atoms with Crippen LogP contribution in [-0.2, 0) is 0 Å². The van der Waals surface area contributed by atoms with Gasteiger partial charge in [0, 0.05) is 17.7 Å². The topological polar surface area (TPSA) is 62.2 Å². The maximum atomic E-state index is 12.0. The van der Waals surface area contributed by atoms with Crippen molar-refractivity contribution in [1.82, 2.24) is 10.3 Å². The second-order valence-electron chi connectivity index (χ2n) is 5.00. The average molecular weight is 290 g/mol. The third-order valence-electron chi connectivity index (χ3n) is 2.92. The molecule has 20 heavy (non-hydrogen) atoms. The van der Waals surface area contributed by atoms with Gasteiger partial charge < -0.3 is 10.4 Å². The van der Waals surface area contributed by atoms with Crippen molar-refractivity contribution in [3.63, 3.8) is 0 Å². The Hall–Kier alpha value is -1.59. The summed E-state index contributed by atoms with van der Waals surface area (Å²) in [4.78, 5) is 16.4. The molecule has 0 aliphatic carbocycles. The first-order chi connectivity index (χ1) is 9.52. The Morgan fingerprint density at radius 3 is 2.85 bits per heavy atom. The van der Waals surface area contributed by atoms with Gasteiger partial charge in [0.2, 0.25) is 0 Å². The van der Waals surface area contributed by atoms with Gasteiger partial charge in [-0.2, -0.15) is 11.8 Å². The van der Waals surface area contributed by atoms with Gasteiger partial charge in [0.05, 0.1) is 11.1 Å². The van der Waals surface area contributed by atoms with Crippen LogP contribution in [0.5, 0.6) is 0 Å². The highest BCUT2D eigenvalue weighted by Gasteiger charge is 2.21. The number of pyridine rings is 1. The molecule has 4 nitrogen and oxygen atoms in total. The van der Waals surface area contributed by atoms with E-state index >= 15 is 0 Å². The second-order valence-corrected chi connectivity index (χ2v) is 5.87. The SMILES string of the molecule is CSCC(C)(O)CNC(=O)c1ccc2ccccc2n1. The maximum absolute atomic E-state index is 12.0. The molecule has 1 amide bonds. The molecule has 5 heteroatoms. The van der Waals surface area contributed by atoms with Crippen LogP contribution in [0.1, 0.15) is 17.4 Å². The average Bonchev–Trinajstić information content (AvgIpc) is 2.44. The van der Waals surface area contributed by atoms with E-state index in [1.165, 1.54) is 0 Å². The first kappa shape index (κ1) is 14.8. The third kappa shape index (κ3) is 3.71. The van der Waals surface area contributed by atoms with Crippen LogP contribution in [0, 0.1) is 0 Å². The van der Waals surface area contributed by atoms with Crippen molar-refractivity contribution in [1.29, 1.82) is 0 Å². The molecule has 1 atom stereocenters. The highest BCUT2D eigenvalue weighted by atomic mass is 32.2. The van der Waals surface area contributed by atoms with Crippen molar-refractivity contribution in [2.45, 2.75) is 12.5 Å². The summed E-state index contributed by atoms with van der Waals surface area (Å²) < 4.78 is 0. The van der Waals surface area contributed by atoms with Crippen molar-refractivity contribution in [2.24, 2.45) is 0 Å². The van der Waals surface area contributed by atoms with E-state index in [4.69, 9.17) is 0 Å². The molecule has 1 unspecified atom stereocenters. The van der Waals surface area contributed by atoms with E-state index in [2.05, 4.69) is 10.3 Å². The van der Waals surface area contributed by atoms with E-state index in [-0.39, 0.29) is 12.5 Å². The minimum absolute atomic E-state index is 0.210. The van der Waals surface area contributed by atoms with Crippen molar-refractivity contribution in [3.05, 3.63) is 42.1 Å². The number of nitrogens with zero attached hydrogens (tertiary/aromatic N) is 1. The highest BCUT2D eigenvalue weighted by Crippen LogP contribution is 2.12. The molecule has 0 aliphatic rings. The number of nitrogens with one attached hydrogen (secondary N) is 1. The fourth-order valence-corrected chi connectivity index (χ4v) is 2.64. The Labute approximate surface area is 122 Å². The monoisotopic (exact) mass is 290 g/mol. The van der Waals surface area contributed by atoms with Gasteiger partial charge in [-0.15, -0.1) is 0 Å². The number of carbonyl (C=O) groups is 1. The van der Waals surface area contributed by atoms with Crippen LogP contribution in [-0.4, -0.2) is 40.2 Å². The lowest BCUT2D eigenvalue weighted by Gasteiger charge is -2.22. The molecule has 0 fully saturated rings. The molecule has 0 radical (unpaired) electrons. The lowest BCUT2D eigenvalue weighted by Crippen LogP contribution is -2.42. The number of amides is 1. The van der Waals surface area contributed by atoms with Gasteiger partial charge in [-0.1, -0.05) is 24.3 Å². The number of para-hydroxylation sites is 1. The zero-order valence-electron chi connectivity index (χ0n) is 11.6. The number of thioether (sulfide) groups is 1. The number of carbonyl (C=O) groups excluding carboxylic acids is 1. The summed E-state index contributed by atoms with van der Waals surface area (Å²) >= 11 is 1.54. The summed E-state index contributed by atoms with van der Waals surface area (Å²) in [6.45, 7) is 1.92. The number of hydrogen-bond acceptors (Lipinski definition) is 4. The number of hydrogen-bond donors (Lipinski definition) is 2. The molecule has 2 aromatic rings. The van der Waals surface area contributed by atoms with Crippen LogP contribution in [0.2, 0.25) is 0 Å². The molecular formula is C15H18N2O2S. The van der Waals surface area contributed by atoms with Crippen LogP contribution >= 0.6 is 11.8 Å². The minimum Gasteiger partial charge on any atom is -0.387 e. The zero-order chi connectivity index (χ0) is 14.6. The molecule has 0 spiro atoms. The quantitative estimate of drug-likeness (QED) is 0.885. The van der Waals surface area contributed by atoms with E-state index in [1.54, 1.807) is 24.8 Å². The molecule has 1 heterocycles. The van der Waals surface area contributed by atoms with Gasteiger partial charge in [0.1, 0.15) is 5.69 Å². The molecule has 0 saturated carbocycles. The van der Waals surface area contributed by atoms with Crippen molar-refractivity contribution in [3.8, 4) is 0 Å². The molecule has 0 saturated heterocycles. The lowest BCUT2D eigenvalue weighted by molar-refractivity contribution is 0.0722. The zero-order valence-corrected chi connectivity index (χ0v) is 12.4. The Bertz CT molecular complexity index is 614. The van der Waals surface area contributed by atoms with Gasteiger partial charge in [-0.3, -0.25) is 4.79 Å². The van der Waals surface area contributed by atoms with E-state index in [9.17, 15) is 9.90 Å². The molecule has 2 rings (SSSR count). The van der Waals surface area contributed by atoms with Gasteiger partial charge in [0.25, 0.3) is 5.91 Å². The number of rotatable bonds is 5. The van der Waals surface area contributed by atoms with Crippen molar-refractivity contribution >= 4 is 28.6 Å². The predicted molar refractivity (Wildman–Crippen MR) is 83.1 cm³/mol. The molecule has 0 aliphatic heterocycles. The molecule has 1 aromatic heterocycles. The first-order valence-corrected chi connectivity index (χ1v) is 7.76. The second kappa shape index (κ2) is 6.24. The maximum Gasteiger partial charge on any atom is 0.270 e. The van der Waals surface area contributed by atoms with Crippen LogP contribution in [0.3, 0.4) is 0 Å². The highest BCUT2D eigenvalue weighted by molar-refractivity contribution is 7.98. The van der Waals surface area contributed by atoms with Crippen LogP contribution in [0.4, 0.5) is 0 Å². The van der Waals surface area contributed by atoms with Crippen LogP contribution in [0.15, 0.2) is 36.4 Å². The Morgan fingerprint density at radius 1 is 1.35 bits per heavy atom. The van der Waals surface area contributed by atoms with Crippen molar-refractivity contribution < 1.29 is 9.90 Å².